The van der Waals surface area contributed by atoms with E-state index in [9.17, 15) is 19.4 Å². The Morgan fingerprint density at radius 1 is 0.623 bits per heavy atom. The zero-order valence-electron chi connectivity index (χ0n) is 35.0. The van der Waals surface area contributed by atoms with Crippen LogP contribution in [0.5, 0.6) is 0 Å². The Balaban J connectivity index is 4.44. The maximum absolute atomic E-state index is 12.8. The smallest absolute Gasteiger partial charge is 0.387 e. The Morgan fingerprint density at radius 2 is 1.06 bits per heavy atom. The standard InChI is InChI=1S/C44H83N2O6P/c1-6-8-10-12-14-16-18-20-21-22-23-24-25-26-28-30-32-34-36-38-44(48)45-42(41-52-53(49,50)51-40-39-46(3,4)5)43(47)37-35-33-31-29-27-19-17-15-13-11-9-7-2/h13,15,20-21,27,29,35,37,42-43,47H,6-12,14,16-19,22-26,28,30-34,36,38-41H2,1-5H3,(H-,45,48,49,50)/p+1/b15-13+,21-20-,29-27+,37-35+. The second-order valence-electron chi connectivity index (χ2n) is 15.7. The van der Waals surface area contributed by atoms with Gasteiger partial charge in [-0.1, -0.05) is 152 Å². The van der Waals surface area contributed by atoms with Gasteiger partial charge in [0, 0.05) is 6.42 Å². The number of aliphatic hydroxyl groups excluding tert-OH is 1. The topological polar surface area (TPSA) is 105 Å². The van der Waals surface area contributed by atoms with E-state index in [0.717, 1.165) is 51.4 Å². The molecule has 3 atom stereocenters. The fourth-order valence-corrected chi connectivity index (χ4v) is 6.49. The molecule has 0 rings (SSSR count). The summed E-state index contributed by atoms with van der Waals surface area (Å²) in [5, 5.41) is 13.7. The van der Waals surface area contributed by atoms with Gasteiger partial charge >= 0.3 is 7.82 Å². The first-order valence-electron chi connectivity index (χ1n) is 21.5. The summed E-state index contributed by atoms with van der Waals surface area (Å²) in [6, 6.07) is -0.868. The second kappa shape index (κ2) is 36.1. The average Bonchev–Trinajstić information content (AvgIpc) is 3.10. The van der Waals surface area contributed by atoms with Crippen molar-refractivity contribution in [3.63, 3.8) is 0 Å². The van der Waals surface area contributed by atoms with Gasteiger partial charge in [0.1, 0.15) is 13.2 Å². The first-order chi connectivity index (χ1) is 25.5. The lowest BCUT2D eigenvalue weighted by Gasteiger charge is -2.25. The monoisotopic (exact) mass is 768 g/mol. The molecule has 9 heteroatoms. The third kappa shape index (κ3) is 38.5. The molecular weight excluding hydrogens is 683 g/mol. The fourth-order valence-electron chi connectivity index (χ4n) is 5.76. The number of likely N-dealkylation sites (N-methyl/N-ethyl adjacent to an activating group) is 1. The van der Waals surface area contributed by atoms with Crippen LogP contribution in [0.25, 0.3) is 0 Å². The first-order valence-corrected chi connectivity index (χ1v) is 23.0. The summed E-state index contributed by atoms with van der Waals surface area (Å²) < 4.78 is 23.5. The zero-order valence-corrected chi connectivity index (χ0v) is 35.9. The molecular formula is C44H84N2O6P+. The summed E-state index contributed by atoms with van der Waals surface area (Å²) in [4.78, 5) is 23.1. The van der Waals surface area contributed by atoms with E-state index < -0.39 is 20.0 Å². The van der Waals surface area contributed by atoms with E-state index in [1.165, 1.54) is 103 Å². The molecule has 3 N–H and O–H groups in total. The molecule has 0 saturated carbocycles. The lowest BCUT2D eigenvalue weighted by atomic mass is 10.0. The van der Waals surface area contributed by atoms with Crippen LogP contribution in [0.4, 0.5) is 0 Å². The molecule has 3 unspecified atom stereocenters. The summed E-state index contributed by atoms with van der Waals surface area (Å²) >= 11 is 0. The molecule has 0 saturated heterocycles. The maximum atomic E-state index is 12.8. The number of hydrogen-bond acceptors (Lipinski definition) is 5. The van der Waals surface area contributed by atoms with Crippen molar-refractivity contribution < 1.29 is 32.9 Å². The molecule has 0 aliphatic carbocycles. The Morgan fingerprint density at radius 3 is 1.57 bits per heavy atom. The van der Waals surface area contributed by atoms with Crippen LogP contribution in [0.3, 0.4) is 0 Å². The molecule has 0 radical (unpaired) electrons. The van der Waals surface area contributed by atoms with Crippen molar-refractivity contribution in [2.24, 2.45) is 0 Å². The minimum absolute atomic E-state index is 0.0520. The van der Waals surface area contributed by atoms with E-state index in [-0.39, 0.29) is 19.1 Å². The number of unbranched alkanes of at least 4 members (excludes halogenated alkanes) is 19. The number of nitrogens with one attached hydrogen (secondary N) is 1. The third-order valence-corrected chi connectivity index (χ3v) is 10.2. The van der Waals surface area contributed by atoms with E-state index in [0.29, 0.717) is 17.4 Å². The fraction of sp³-hybridized carbons (Fsp3) is 0.795. The highest BCUT2D eigenvalue weighted by molar-refractivity contribution is 7.47. The largest absolute Gasteiger partial charge is 0.472 e. The van der Waals surface area contributed by atoms with Gasteiger partial charge in [0.15, 0.2) is 0 Å². The molecule has 0 aliphatic heterocycles. The number of allylic oxidation sites excluding steroid dienone is 7. The van der Waals surface area contributed by atoms with Gasteiger partial charge in [0.05, 0.1) is 39.9 Å². The van der Waals surface area contributed by atoms with E-state index in [1.54, 1.807) is 6.08 Å². The van der Waals surface area contributed by atoms with E-state index >= 15 is 0 Å². The van der Waals surface area contributed by atoms with Gasteiger partial charge < -0.3 is 19.8 Å². The van der Waals surface area contributed by atoms with Crippen LogP contribution in [0, 0.1) is 0 Å². The van der Waals surface area contributed by atoms with Gasteiger partial charge in [-0.05, 0) is 64.2 Å². The average molecular weight is 768 g/mol. The van der Waals surface area contributed by atoms with Crippen LogP contribution in [0.2, 0.25) is 0 Å². The van der Waals surface area contributed by atoms with E-state index in [2.05, 4.69) is 55.6 Å². The van der Waals surface area contributed by atoms with Crippen molar-refractivity contribution in [1.82, 2.24) is 5.32 Å². The molecule has 0 spiro atoms. The number of phosphoric ester groups is 1. The highest BCUT2D eigenvalue weighted by Crippen LogP contribution is 2.43. The first kappa shape index (κ1) is 51.5. The van der Waals surface area contributed by atoms with Crippen molar-refractivity contribution in [2.75, 3.05) is 40.9 Å². The molecule has 0 bridgehead atoms. The second-order valence-corrected chi connectivity index (χ2v) is 17.1. The highest BCUT2D eigenvalue weighted by atomic mass is 31.2. The molecule has 310 valence electrons. The van der Waals surface area contributed by atoms with Crippen LogP contribution in [-0.4, -0.2) is 73.4 Å². The van der Waals surface area contributed by atoms with Crippen LogP contribution >= 0.6 is 7.82 Å². The summed E-state index contributed by atoms with van der Waals surface area (Å²) in [5.74, 6) is -0.197. The summed E-state index contributed by atoms with van der Waals surface area (Å²) in [7, 11) is 1.54. The van der Waals surface area contributed by atoms with Crippen LogP contribution in [0.15, 0.2) is 48.6 Å². The van der Waals surface area contributed by atoms with Gasteiger partial charge in [0.25, 0.3) is 0 Å². The SMILES string of the molecule is CCCC/C=C/CC/C=C/CC/C=C/C(O)C(COP(=O)(O)OCC[N+](C)(C)C)NC(=O)CCCCCCCCCCC/C=C\CCCCCCCC. The van der Waals surface area contributed by atoms with Gasteiger partial charge in [-0.3, -0.25) is 13.8 Å². The Kier molecular flexibility index (Phi) is 35.1. The summed E-state index contributed by atoms with van der Waals surface area (Å²) in [5.41, 5.74) is 0. The predicted octanol–water partition coefficient (Wildman–Crippen LogP) is 11.7. The molecule has 0 aliphatic rings. The number of hydrogen-bond donors (Lipinski definition) is 3. The molecule has 0 aromatic carbocycles. The molecule has 0 aromatic heterocycles. The Labute approximate surface area is 327 Å². The molecule has 0 heterocycles. The lowest BCUT2D eigenvalue weighted by molar-refractivity contribution is -0.870. The van der Waals surface area contributed by atoms with Gasteiger partial charge in [0.2, 0.25) is 5.91 Å². The van der Waals surface area contributed by atoms with Crippen molar-refractivity contribution in [3.05, 3.63) is 48.6 Å². The third-order valence-electron chi connectivity index (χ3n) is 9.25. The van der Waals surface area contributed by atoms with E-state index in [1.807, 2.05) is 27.2 Å². The number of carbonyl (C=O) groups excluding carboxylic acids is 1. The van der Waals surface area contributed by atoms with Crippen LogP contribution < -0.4 is 5.32 Å². The quantitative estimate of drug-likeness (QED) is 0.0250. The minimum atomic E-state index is -4.35. The van der Waals surface area contributed by atoms with Gasteiger partial charge in [-0.25, -0.2) is 4.57 Å². The normalized spacial score (nSPS) is 14.9. The van der Waals surface area contributed by atoms with Crippen molar-refractivity contribution in [2.45, 2.75) is 187 Å². The number of phosphoric acid groups is 1. The maximum Gasteiger partial charge on any atom is 0.472 e. The molecule has 0 aromatic rings. The number of aliphatic hydroxyl groups is 1. The Hall–Kier alpha value is -1.54. The van der Waals surface area contributed by atoms with Crippen LogP contribution in [-0.2, 0) is 18.4 Å². The predicted molar refractivity (Wildman–Crippen MR) is 226 cm³/mol. The van der Waals surface area contributed by atoms with Crippen molar-refractivity contribution in [3.8, 4) is 0 Å². The van der Waals surface area contributed by atoms with Gasteiger partial charge in [-0.2, -0.15) is 0 Å². The minimum Gasteiger partial charge on any atom is -0.387 e. The number of quaternary nitrogens is 1. The molecule has 1 amide bonds. The Bertz CT molecular complexity index is 1010. The van der Waals surface area contributed by atoms with Crippen LogP contribution in [0.1, 0.15) is 174 Å². The molecule has 53 heavy (non-hydrogen) atoms. The molecule has 0 fully saturated rings. The molecule has 8 nitrogen and oxygen atoms in total. The summed E-state index contributed by atoms with van der Waals surface area (Å²) in [6.45, 7) is 4.71. The van der Waals surface area contributed by atoms with Gasteiger partial charge in [-0.15, -0.1) is 0 Å². The number of nitrogens with zero attached hydrogens (tertiary/aromatic N) is 1. The van der Waals surface area contributed by atoms with Crippen molar-refractivity contribution in [1.29, 1.82) is 0 Å². The number of rotatable bonds is 38. The zero-order chi connectivity index (χ0) is 39.3. The summed E-state index contributed by atoms with van der Waals surface area (Å²) in [6.07, 6.45) is 44.7. The number of amides is 1. The number of carbonyl (C=O) groups is 1. The highest BCUT2D eigenvalue weighted by Gasteiger charge is 2.27. The van der Waals surface area contributed by atoms with Crippen molar-refractivity contribution >= 4 is 13.7 Å². The lowest BCUT2D eigenvalue weighted by Crippen LogP contribution is -2.45. The van der Waals surface area contributed by atoms with E-state index in [4.69, 9.17) is 9.05 Å².